The molecule has 0 saturated carbocycles. The van der Waals surface area contributed by atoms with E-state index in [0.29, 0.717) is 25.8 Å². The lowest BCUT2D eigenvalue weighted by molar-refractivity contribution is -0.142. The van der Waals surface area contributed by atoms with E-state index in [2.05, 4.69) is 5.32 Å². The number of carboxylic acids is 1. The molecule has 1 atom stereocenters. The molecule has 0 aliphatic heterocycles. The maximum absolute atomic E-state index is 11.7. The number of nitrogens with one attached hydrogen (secondary N) is 1. The average molecular weight is 300 g/mol. The Balaban J connectivity index is 2.40. The highest BCUT2D eigenvalue weighted by molar-refractivity contribution is 7.07. The monoisotopic (exact) mass is 300 g/mol. The molecular weight excluding hydrogens is 280 g/mol. The number of hydrogen-bond acceptors (Lipinski definition) is 4. The molecule has 112 valence electrons. The van der Waals surface area contributed by atoms with Gasteiger partial charge in [-0.2, -0.15) is 0 Å². The van der Waals surface area contributed by atoms with Crippen molar-refractivity contribution in [2.75, 3.05) is 0 Å². The van der Waals surface area contributed by atoms with Crippen molar-refractivity contribution < 1.29 is 14.7 Å². The molecule has 1 amide bonds. The lowest BCUT2D eigenvalue weighted by atomic mass is 10.1. The van der Waals surface area contributed by atoms with Gasteiger partial charge in [0.1, 0.15) is 6.04 Å². The molecule has 1 heterocycles. The Morgan fingerprint density at radius 2 is 2.20 bits per heavy atom. The highest BCUT2D eigenvalue weighted by Gasteiger charge is 2.18. The predicted molar refractivity (Wildman–Crippen MR) is 77.0 cm³/mol. The number of aryl methyl sites for hydroxylation is 1. The molecule has 7 heteroatoms. The van der Waals surface area contributed by atoms with Crippen molar-refractivity contribution in [3.8, 4) is 0 Å². The molecule has 0 saturated heterocycles. The summed E-state index contributed by atoms with van der Waals surface area (Å²) in [6.07, 6.45) is 1.85. The standard InChI is InChI=1S/C13H20N2O4S/c1-3-5-10(12(17)18)14-11(16)6-4-7-15-9(2)8-20-13(15)19/h8,10H,3-7H2,1-2H3,(H,14,16)(H,17,18). The van der Waals surface area contributed by atoms with Gasteiger partial charge in [0, 0.05) is 24.0 Å². The number of hydrogen-bond donors (Lipinski definition) is 2. The Morgan fingerprint density at radius 3 is 2.70 bits per heavy atom. The number of amides is 1. The molecule has 0 fully saturated rings. The average Bonchev–Trinajstić information content (AvgIpc) is 2.69. The Labute approximate surface area is 121 Å². The van der Waals surface area contributed by atoms with Gasteiger partial charge in [0.2, 0.25) is 5.91 Å². The van der Waals surface area contributed by atoms with Crippen LogP contribution in [0.25, 0.3) is 0 Å². The number of carbonyl (C=O) groups excluding carboxylic acids is 1. The lowest BCUT2D eigenvalue weighted by Crippen LogP contribution is -2.40. The summed E-state index contributed by atoms with van der Waals surface area (Å²) < 4.78 is 1.62. The van der Waals surface area contributed by atoms with E-state index in [4.69, 9.17) is 5.11 Å². The predicted octanol–water partition coefficient (Wildman–Crippen LogP) is 1.37. The van der Waals surface area contributed by atoms with Gasteiger partial charge < -0.3 is 15.0 Å². The van der Waals surface area contributed by atoms with Crippen molar-refractivity contribution in [3.63, 3.8) is 0 Å². The first-order chi connectivity index (χ1) is 9.45. The number of carboxylic acid groups (broad SMARTS) is 1. The van der Waals surface area contributed by atoms with Gasteiger partial charge in [0.05, 0.1) is 0 Å². The number of aromatic nitrogens is 1. The van der Waals surface area contributed by atoms with E-state index in [1.807, 2.05) is 13.8 Å². The van der Waals surface area contributed by atoms with Crippen molar-refractivity contribution in [1.82, 2.24) is 9.88 Å². The summed E-state index contributed by atoms with van der Waals surface area (Å²) >= 11 is 1.14. The van der Waals surface area contributed by atoms with Crippen molar-refractivity contribution in [1.29, 1.82) is 0 Å². The molecule has 1 aromatic heterocycles. The SMILES string of the molecule is CCCC(NC(=O)CCCn1c(C)csc1=O)C(=O)O. The maximum Gasteiger partial charge on any atom is 0.326 e. The minimum Gasteiger partial charge on any atom is -0.480 e. The van der Waals surface area contributed by atoms with Crippen LogP contribution >= 0.6 is 11.3 Å². The quantitative estimate of drug-likeness (QED) is 0.759. The van der Waals surface area contributed by atoms with Gasteiger partial charge in [-0.05, 0) is 19.8 Å². The zero-order valence-electron chi connectivity index (χ0n) is 11.7. The van der Waals surface area contributed by atoms with Crippen LogP contribution < -0.4 is 10.2 Å². The number of aliphatic carboxylic acids is 1. The topological polar surface area (TPSA) is 88.4 Å². The summed E-state index contributed by atoms with van der Waals surface area (Å²) in [5.74, 6) is -1.29. The fraction of sp³-hybridized carbons (Fsp3) is 0.615. The number of thiazole rings is 1. The van der Waals surface area contributed by atoms with Gasteiger partial charge in [0.25, 0.3) is 0 Å². The summed E-state index contributed by atoms with van der Waals surface area (Å²) in [5, 5.41) is 13.2. The first-order valence-corrected chi connectivity index (χ1v) is 7.50. The summed E-state index contributed by atoms with van der Waals surface area (Å²) in [6, 6.07) is -0.821. The van der Waals surface area contributed by atoms with Crippen molar-refractivity contribution in [3.05, 3.63) is 20.7 Å². The normalized spacial score (nSPS) is 12.1. The van der Waals surface area contributed by atoms with E-state index in [0.717, 1.165) is 17.0 Å². The van der Waals surface area contributed by atoms with Crippen LogP contribution in [0.3, 0.4) is 0 Å². The third kappa shape index (κ3) is 4.80. The number of carbonyl (C=O) groups is 2. The smallest absolute Gasteiger partial charge is 0.326 e. The zero-order chi connectivity index (χ0) is 15.1. The fourth-order valence-corrected chi connectivity index (χ4v) is 2.65. The van der Waals surface area contributed by atoms with Crippen LogP contribution in [0.5, 0.6) is 0 Å². The minimum atomic E-state index is -1.01. The summed E-state index contributed by atoms with van der Waals surface area (Å²) in [4.78, 5) is 34.0. The Morgan fingerprint density at radius 1 is 1.50 bits per heavy atom. The molecule has 1 rings (SSSR count). The molecule has 0 aliphatic rings. The Kier molecular flexibility index (Phi) is 6.44. The van der Waals surface area contributed by atoms with Crippen LogP contribution in [0.2, 0.25) is 0 Å². The van der Waals surface area contributed by atoms with Crippen LogP contribution in [0, 0.1) is 6.92 Å². The van der Waals surface area contributed by atoms with Gasteiger partial charge in [-0.25, -0.2) is 4.79 Å². The molecule has 0 aromatic carbocycles. The van der Waals surface area contributed by atoms with Gasteiger partial charge in [0.15, 0.2) is 0 Å². The van der Waals surface area contributed by atoms with Gasteiger partial charge in [-0.1, -0.05) is 24.7 Å². The molecule has 6 nitrogen and oxygen atoms in total. The van der Waals surface area contributed by atoms with E-state index >= 15 is 0 Å². The van der Waals surface area contributed by atoms with Crippen LogP contribution in [0.4, 0.5) is 0 Å². The summed E-state index contributed by atoms with van der Waals surface area (Å²) in [7, 11) is 0. The van der Waals surface area contributed by atoms with Gasteiger partial charge >= 0.3 is 10.8 Å². The Bertz CT molecular complexity index is 521. The van der Waals surface area contributed by atoms with Crippen LogP contribution in [0.15, 0.2) is 10.2 Å². The van der Waals surface area contributed by atoms with E-state index in [9.17, 15) is 14.4 Å². The molecule has 0 spiro atoms. The van der Waals surface area contributed by atoms with Crippen LogP contribution in [0.1, 0.15) is 38.3 Å². The van der Waals surface area contributed by atoms with Crippen molar-refractivity contribution in [2.24, 2.45) is 0 Å². The number of nitrogens with zero attached hydrogens (tertiary/aromatic N) is 1. The van der Waals surface area contributed by atoms with Crippen molar-refractivity contribution in [2.45, 2.75) is 52.1 Å². The maximum atomic E-state index is 11.7. The second-order valence-electron chi connectivity index (χ2n) is 4.65. The third-order valence-corrected chi connectivity index (χ3v) is 3.85. The minimum absolute atomic E-state index is 0.0303. The molecule has 0 radical (unpaired) electrons. The second-order valence-corrected chi connectivity index (χ2v) is 5.47. The summed E-state index contributed by atoms with van der Waals surface area (Å²) in [5.41, 5.74) is 0.884. The second kappa shape index (κ2) is 7.84. The van der Waals surface area contributed by atoms with Gasteiger partial charge in [-0.15, -0.1) is 0 Å². The molecule has 0 aliphatic carbocycles. The van der Waals surface area contributed by atoms with E-state index in [-0.39, 0.29) is 17.2 Å². The molecule has 1 aromatic rings. The van der Waals surface area contributed by atoms with Crippen molar-refractivity contribution >= 4 is 23.2 Å². The fourth-order valence-electron chi connectivity index (χ4n) is 1.88. The highest BCUT2D eigenvalue weighted by atomic mass is 32.1. The first kappa shape index (κ1) is 16.4. The molecule has 20 heavy (non-hydrogen) atoms. The largest absolute Gasteiger partial charge is 0.480 e. The molecule has 1 unspecified atom stereocenters. The zero-order valence-corrected chi connectivity index (χ0v) is 12.5. The van der Waals surface area contributed by atoms with Crippen LogP contribution in [-0.4, -0.2) is 27.6 Å². The van der Waals surface area contributed by atoms with Gasteiger partial charge in [-0.3, -0.25) is 9.59 Å². The van der Waals surface area contributed by atoms with E-state index in [1.54, 1.807) is 9.95 Å². The molecule has 2 N–H and O–H groups in total. The first-order valence-electron chi connectivity index (χ1n) is 6.62. The summed E-state index contributed by atoms with van der Waals surface area (Å²) in [6.45, 7) is 4.20. The van der Waals surface area contributed by atoms with Crippen LogP contribution in [-0.2, 0) is 16.1 Å². The highest BCUT2D eigenvalue weighted by Crippen LogP contribution is 2.03. The molecular formula is C13H20N2O4S. The molecule has 0 bridgehead atoms. The van der Waals surface area contributed by atoms with E-state index < -0.39 is 12.0 Å². The van der Waals surface area contributed by atoms with E-state index in [1.165, 1.54) is 0 Å². The Hall–Kier alpha value is -1.63. The number of rotatable bonds is 8. The third-order valence-electron chi connectivity index (χ3n) is 2.97. The lowest BCUT2D eigenvalue weighted by Gasteiger charge is -2.13.